The minimum atomic E-state index is -0.536. The van der Waals surface area contributed by atoms with E-state index in [4.69, 9.17) is 9.47 Å². The van der Waals surface area contributed by atoms with Crippen molar-refractivity contribution in [2.75, 3.05) is 38.6 Å². The van der Waals surface area contributed by atoms with Gasteiger partial charge in [0.1, 0.15) is 5.60 Å². The van der Waals surface area contributed by atoms with Gasteiger partial charge in [0, 0.05) is 32.4 Å². The number of esters is 1. The van der Waals surface area contributed by atoms with Crippen LogP contribution in [0, 0.1) is 5.92 Å². The summed E-state index contributed by atoms with van der Waals surface area (Å²) in [5.41, 5.74) is 0.534. The zero-order valence-corrected chi connectivity index (χ0v) is 19.3. The highest BCUT2D eigenvalue weighted by Gasteiger charge is 2.27. The average Bonchev–Trinajstić information content (AvgIpc) is 2.71. The molecule has 0 aliphatic carbocycles. The molecule has 1 N–H and O–H groups in total. The minimum absolute atomic E-state index is 0.188. The number of hydrogen-bond acceptors (Lipinski definition) is 5. The van der Waals surface area contributed by atoms with Crippen LogP contribution in [0.3, 0.4) is 0 Å². The van der Waals surface area contributed by atoms with Gasteiger partial charge in [0.15, 0.2) is 0 Å². The normalized spacial score (nSPS) is 16.4. The summed E-state index contributed by atoms with van der Waals surface area (Å²) in [4.78, 5) is 40.1. The lowest BCUT2D eigenvalue weighted by Gasteiger charge is -2.35. The summed E-state index contributed by atoms with van der Waals surface area (Å²) in [5, 5.41) is 2.88. The van der Waals surface area contributed by atoms with Crippen molar-refractivity contribution < 1.29 is 23.9 Å². The molecule has 1 atom stereocenters. The highest BCUT2D eigenvalue weighted by molar-refractivity contribution is 5.92. The van der Waals surface area contributed by atoms with Crippen LogP contribution >= 0.6 is 0 Å². The number of likely N-dealkylation sites (tertiary alicyclic amines) is 1. The SMILES string of the molecule is CCCOC(=O)c1ccc(NC(=O)N2CCCC(CN(C)C(=O)OC(C)(C)C)C2)cc1. The maximum atomic E-state index is 12.7. The third kappa shape index (κ3) is 8.11. The Morgan fingerprint density at radius 1 is 1.19 bits per heavy atom. The molecule has 172 valence electrons. The number of ether oxygens (including phenoxy) is 2. The van der Waals surface area contributed by atoms with Crippen LogP contribution in [0.25, 0.3) is 0 Å². The van der Waals surface area contributed by atoms with Crippen molar-refractivity contribution in [1.82, 2.24) is 9.80 Å². The quantitative estimate of drug-likeness (QED) is 0.673. The predicted octanol–water partition coefficient (Wildman–Crippen LogP) is 4.36. The number of carbonyl (C=O) groups excluding carboxylic acids is 3. The summed E-state index contributed by atoms with van der Waals surface area (Å²) in [6.07, 6.45) is 2.24. The number of nitrogens with zero attached hydrogens (tertiary/aromatic N) is 2. The van der Waals surface area contributed by atoms with Gasteiger partial charge in [0.25, 0.3) is 0 Å². The van der Waals surface area contributed by atoms with Gasteiger partial charge in [-0.2, -0.15) is 0 Å². The minimum Gasteiger partial charge on any atom is -0.462 e. The molecule has 3 amide bonds. The second-order valence-corrected chi connectivity index (χ2v) is 8.96. The van der Waals surface area contributed by atoms with E-state index in [0.29, 0.717) is 37.5 Å². The van der Waals surface area contributed by atoms with E-state index in [0.717, 1.165) is 19.3 Å². The lowest BCUT2D eigenvalue weighted by atomic mass is 9.98. The molecule has 8 nitrogen and oxygen atoms in total. The number of rotatable bonds is 6. The Morgan fingerprint density at radius 2 is 1.87 bits per heavy atom. The first-order chi connectivity index (χ1) is 14.6. The first-order valence-electron chi connectivity index (χ1n) is 10.9. The van der Waals surface area contributed by atoms with Gasteiger partial charge in [-0.05, 0) is 70.2 Å². The summed E-state index contributed by atoms with van der Waals surface area (Å²) < 4.78 is 10.5. The summed E-state index contributed by atoms with van der Waals surface area (Å²) >= 11 is 0. The Hall–Kier alpha value is -2.77. The Morgan fingerprint density at radius 3 is 2.48 bits per heavy atom. The van der Waals surface area contributed by atoms with E-state index >= 15 is 0 Å². The fourth-order valence-electron chi connectivity index (χ4n) is 3.37. The van der Waals surface area contributed by atoms with Crippen LogP contribution in [0.2, 0.25) is 0 Å². The standard InChI is InChI=1S/C23H35N3O5/c1-6-14-30-20(27)18-9-11-19(12-10-18)24-21(28)26-13-7-8-17(16-26)15-25(5)22(29)31-23(2,3)4/h9-12,17H,6-8,13-16H2,1-5H3,(H,24,28). The molecule has 1 aromatic carbocycles. The van der Waals surface area contributed by atoms with Crippen molar-refractivity contribution in [3.05, 3.63) is 29.8 Å². The summed E-state index contributed by atoms with van der Waals surface area (Å²) in [6.45, 7) is 9.61. The van der Waals surface area contributed by atoms with Gasteiger partial charge in [-0.3, -0.25) is 0 Å². The fraction of sp³-hybridized carbons (Fsp3) is 0.609. The fourth-order valence-corrected chi connectivity index (χ4v) is 3.37. The first-order valence-corrected chi connectivity index (χ1v) is 10.9. The van der Waals surface area contributed by atoms with Gasteiger partial charge in [-0.1, -0.05) is 6.92 Å². The van der Waals surface area contributed by atoms with Gasteiger partial charge in [-0.15, -0.1) is 0 Å². The number of urea groups is 1. The van der Waals surface area contributed by atoms with Gasteiger partial charge in [-0.25, -0.2) is 14.4 Å². The van der Waals surface area contributed by atoms with Crippen LogP contribution in [-0.4, -0.2) is 66.8 Å². The molecule has 0 aromatic heterocycles. The van der Waals surface area contributed by atoms with E-state index in [9.17, 15) is 14.4 Å². The van der Waals surface area contributed by atoms with Crippen molar-refractivity contribution in [3.63, 3.8) is 0 Å². The predicted molar refractivity (Wildman–Crippen MR) is 119 cm³/mol. The molecular formula is C23H35N3O5. The Kier molecular flexibility index (Phi) is 8.71. The first kappa shape index (κ1) is 24.5. The summed E-state index contributed by atoms with van der Waals surface area (Å²) in [7, 11) is 1.72. The highest BCUT2D eigenvalue weighted by atomic mass is 16.6. The molecule has 1 heterocycles. The average molecular weight is 434 g/mol. The molecule has 1 aliphatic rings. The lowest BCUT2D eigenvalue weighted by molar-refractivity contribution is 0.0253. The molecule has 1 aliphatic heterocycles. The van der Waals surface area contributed by atoms with Crippen LogP contribution in [0.1, 0.15) is 57.3 Å². The van der Waals surface area contributed by atoms with Gasteiger partial charge in [0.05, 0.1) is 12.2 Å². The van der Waals surface area contributed by atoms with E-state index in [1.165, 1.54) is 0 Å². The zero-order valence-electron chi connectivity index (χ0n) is 19.3. The molecule has 31 heavy (non-hydrogen) atoms. The molecule has 0 radical (unpaired) electrons. The largest absolute Gasteiger partial charge is 0.462 e. The van der Waals surface area contributed by atoms with E-state index in [1.807, 2.05) is 27.7 Å². The van der Waals surface area contributed by atoms with E-state index < -0.39 is 5.60 Å². The van der Waals surface area contributed by atoms with Crippen molar-refractivity contribution in [2.45, 2.75) is 52.6 Å². The molecule has 0 bridgehead atoms. The smallest absolute Gasteiger partial charge is 0.410 e. The number of anilines is 1. The van der Waals surface area contributed by atoms with Crippen LogP contribution in [0.4, 0.5) is 15.3 Å². The van der Waals surface area contributed by atoms with E-state index in [-0.39, 0.29) is 24.0 Å². The Balaban J connectivity index is 1.87. The van der Waals surface area contributed by atoms with Crippen LogP contribution in [0.15, 0.2) is 24.3 Å². The third-order valence-corrected chi connectivity index (χ3v) is 4.85. The molecule has 1 unspecified atom stereocenters. The number of benzene rings is 1. The molecule has 1 saturated heterocycles. The molecule has 8 heteroatoms. The van der Waals surface area contributed by atoms with E-state index in [2.05, 4.69) is 5.32 Å². The summed E-state index contributed by atoms with van der Waals surface area (Å²) in [6, 6.07) is 6.48. The molecule has 1 fully saturated rings. The molecule has 0 saturated carbocycles. The monoisotopic (exact) mass is 433 g/mol. The number of nitrogens with one attached hydrogen (secondary N) is 1. The number of carbonyl (C=O) groups is 3. The van der Waals surface area contributed by atoms with Crippen molar-refractivity contribution in [2.24, 2.45) is 5.92 Å². The Bertz CT molecular complexity index is 757. The maximum absolute atomic E-state index is 12.7. The number of piperidine rings is 1. The summed E-state index contributed by atoms with van der Waals surface area (Å²) in [5.74, 6) is -0.180. The van der Waals surface area contributed by atoms with Gasteiger partial charge < -0.3 is 24.6 Å². The zero-order chi connectivity index (χ0) is 23.0. The molecular weight excluding hydrogens is 398 g/mol. The number of hydrogen-bond donors (Lipinski definition) is 1. The Labute approximate surface area is 184 Å². The van der Waals surface area contributed by atoms with Crippen LogP contribution < -0.4 is 5.32 Å². The lowest BCUT2D eigenvalue weighted by Crippen LogP contribution is -2.46. The van der Waals surface area contributed by atoms with Crippen molar-refractivity contribution >= 4 is 23.8 Å². The van der Waals surface area contributed by atoms with Gasteiger partial charge in [0.2, 0.25) is 0 Å². The van der Waals surface area contributed by atoms with Crippen molar-refractivity contribution in [3.8, 4) is 0 Å². The third-order valence-electron chi connectivity index (χ3n) is 4.85. The second kappa shape index (κ2) is 11.0. The number of amides is 3. The second-order valence-electron chi connectivity index (χ2n) is 8.96. The van der Waals surface area contributed by atoms with Crippen LogP contribution in [0.5, 0.6) is 0 Å². The molecule has 0 spiro atoms. The van der Waals surface area contributed by atoms with E-state index in [1.54, 1.807) is 41.1 Å². The topological polar surface area (TPSA) is 88.2 Å². The van der Waals surface area contributed by atoms with Crippen molar-refractivity contribution in [1.29, 1.82) is 0 Å². The highest BCUT2D eigenvalue weighted by Crippen LogP contribution is 2.20. The molecule has 2 rings (SSSR count). The molecule has 1 aromatic rings. The van der Waals surface area contributed by atoms with Gasteiger partial charge >= 0.3 is 18.1 Å². The van der Waals surface area contributed by atoms with Crippen LogP contribution in [-0.2, 0) is 9.47 Å². The maximum Gasteiger partial charge on any atom is 0.410 e.